The van der Waals surface area contributed by atoms with E-state index in [1.165, 1.54) is 18.4 Å². The van der Waals surface area contributed by atoms with Crippen molar-refractivity contribution in [3.05, 3.63) is 59.7 Å². The number of hydrogen-bond acceptors (Lipinski definition) is 5. The monoisotopic (exact) mass is 529 g/mol. The quantitative estimate of drug-likeness (QED) is 0.474. The molecule has 37 heavy (non-hydrogen) atoms. The highest BCUT2D eigenvalue weighted by Crippen LogP contribution is 2.23. The summed E-state index contributed by atoms with van der Waals surface area (Å²) < 4.78 is 31.7. The van der Waals surface area contributed by atoms with Gasteiger partial charge in [-0.2, -0.15) is 0 Å². The van der Waals surface area contributed by atoms with E-state index < -0.39 is 28.5 Å². The predicted octanol–water partition coefficient (Wildman–Crippen LogP) is 4.03. The number of rotatable bonds is 11. The maximum absolute atomic E-state index is 13.8. The molecule has 3 rings (SSSR count). The molecule has 0 bridgehead atoms. The molecule has 0 aromatic heterocycles. The molecule has 1 saturated carbocycles. The average molecular weight is 530 g/mol. The molecule has 0 saturated heterocycles. The molecule has 8 nitrogen and oxygen atoms in total. The molecule has 0 aliphatic heterocycles. The van der Waals surface area contributed by atoms with Crippen LogP contribution >= 0.6 is 0 Å². The van der Waals surface area contributed by atoms with Gasteiger partial charge in [-0.25, -0.2) is 8.42 Å². The van der Waals surface area contributed by atoms with Gasteiger partial charge in [-0.3, -0.25) is 13.9 Å². The molecule has 1 aliphatic carbocycles. The molecule has 1 aliphatic rings. The van der Waals surface area contributed by atoms with Crippen LogP contribution in [0, 0.1) is 6.92 Å². The van der Waals surface area contributed by atoms with Gasteiger partial charge >= 0.3 is 0 Å². The van der Waals surface area contributed by atoms with Gasteiger partial charge < -0.3 is 15.0 Å². The summed E-state index contributed by atoms with van der Waals surface area (Å²) in [7, 11) is -2.25. The second kappa shape index (κ2) is 12.9. The zero-order valence-corrected chi connectivity index (χ0v) is 23.1. The lowest BCUT2D eigenvalue weighted by atomic mass is 9.95. The Hall–Kier alpha value is -3.07. The normalized spacial score (nSPS) is 15.0. The van der Waals surface area contributed by atoms with E-state index in [1.807, 2.05) is 38.1 Å². The molecule has 2 aromatic rings. The Morgan fingerprint density at radius 1 is 1.05 bits per heavy atom. The van der Waals surface area contributed by atoms with Crippen LogP contribution in [0.4, 0.5) is 5.69 Å². The number of hydrogen-bond donors (Lipinski definition) is 1. The van der Waals surface area contributed by atoms with Gasteiger partial charge in [-0.1, -0.05) is 50.5 Å². The lowest BCUT2D eigenvalue weighted by molar-refractivity contribution is -0.140. The van der Waals surface area contributed by atoms with Gasteiger partial charge in [0, 0.05) is 12.6 Å². The van der Waals surface area contributed by atoms with Crippen molar-refractivity contribution in [1.29, 1.82) is 0 Å². The Balaban J connectivity index is 1.91. The fourth-order valence-electron chi connectivity index (χ4n) is 4.80. The number of anilines is 1. The summed E-state index contributed by atoms with van der Waals surface area (Å²) in [6, 6.07) is 13.6. The Morgan fingerprint density at radius 3 is 2.27 bits per heavy atom. The summed E-state index contributed by atoms with van der Waals surface area (Å²) in [6.07, 6.45) is 6.70. The van der Waals surface area contributed by atoms with Crippen LogP contribution in [0.25, 0.3) is 0 Å². The van der Waals surface area contributed by atoms with E-state index in [0.717, 1.165) is 47.4 Å². The number of carbonyl (C=O) groups is 2. The molecule has 0 spiro atoms. The smallest absolute Gasteiger partial charge is 0.244 e. The van der Waals surface area contributed by atoms with Crippen molar-refractivity contribution in [1.82, 2.24) is 10.2 Å². The summed E-state index contributed by atoms with van der Waals surface area (Å²) in [5.41, 5.74) is 2.26. The van der Waals surface area contributed by atoms with Crippen LogP contribution in [0.2, 0.25) is 0 Å². The highest BCUT2D eigenvalue weighted by Gasteiger charge is 2.33. The van der Waals surface area contributed by atoms with Crippen molar-refractivity contribution in [3.63, 3.8) is 0 Å². The number of sulfonamides is 1. The number of nitrogens with one attached hydrogen (secondary N) is 1. The minimum Gasteiger partial charge on any atom is -0.497 e. The van der Waals surface area contributed by atoms with E-state index in [4.69, 9.17) is 4.74 Å². The van der Waals surface area contributed by atoms with Crippen molar-refractivity contribution >= 4 is 27.5 Å². The number of carbonyl (C=O) groups excluding carboxylic acids is 2. The molecular formula is C28H39N3O5S. The highest BCUT2D eigenvalue weighted by atomic mass is 32.2. The maximum Gasteiger partial charge on any atom is 0.244 e. The van der Waals surface area contributed by atoms with E-state index in [2.05, 4.69) is 5.32 Å². The third-order valence-electron chi connectivity index (χ3n) is 6.98. The number of nitrogens with zero attached hydrogens (tertiary/aromatic N) is 2. The van der Waals surface area contributed by atoms with E-state index in [9.17, 15) is 18.0 Å². The van der Waals surface area contributed by atoms with Gasteiger partial charge in [0.2, 0.25) is 21.8 Å². The number of benzene rings is 2. The number of ether oxygens (including phenoxy) is 1. The summed E-state index contributed by atoms with van der Waals surface area (Å²) in [5, 5.41) is 3.15. The van der Waals surface area contributed by atoms with Crippen LogP contribution in [0.3, 0.4) is 0 Å². The second-order valence-electron chi connectivity index (χ2n) is 9.68. The van der Waals surface area contributed by atoms with E-state index >= 15 is 0 Å². The Kier molecular flexibility index (Phi) is 9.97. The standard InChI is InChI=1S/C28H39N3O5S/c1-5-26(28(33)29-23-13-7-6-8-14-23)30(19-22-12-10-9-11-21(22)2)27(32)20-31(37(4,34)35)24-15-17-25(36-3)18-16-24/h9-12,15-18,23,26H,5-8,13-14,19-20H2,1-4H3,(H,29,33). The maximum atomic E-state index is 13.8. The van der Waals surface area contributed by atoms with E-state index in [1.54, 1.807) is 24.3 Å². The molecule has 202 valence electrons. The lowest BCUT2D eigenvalue weighted by Gasteiger charge is -2.34. The first-order valence-corrected chi connectivity index (χ1v) is 14.7. The molecule has 9 heteroatoms. The van der Waals surface area contributed by atoms with Crippen LogP contribution in [-0.4, -0.2) is 57.1 Å². The van der Waals surface area contributed by atoms with Crippen molar-refractivity contribution in [2.75, 3.05) is 24.2 Å². The molecule has 1 fully saturated rings. The van der Waals surface area contributed by atoms with Crippen molar-refractivity contribution < 1.29 is 22.7 Å². The number of methoxy groups -OCH3 is 1. The zero-order chi connectivity index (χ0) is 27.0. The van der Waals surface area contributed by atoms with Gasteiger partial charge in [0.1, 0.15) is 18.3 Å². The molecule has 1 atom stereocenters. The van der Waals surface area contributed by atoms with Crippen LogP contribution in [0.5, 0.6) is 5.75 Å². The number of aryl methyl sites for hydroxylation is 1. The molecule has 2 aromatic carbocycles. The first kappa shape index (κ1) is 28.5. The summed E-state index contributed by atoms with van der Waals surface area (Å²) in [6.45, 7) is 3.63. The van der Waals surface area contributed by atoms with Crippen molar-refractivity contribution in [2.24, 2.45) is 0 Å². The first-order chi connectivity index (χ1) is 17.6. The molecular weight excluding hydrogens is 490 g/mol. The Labute approximate surface area is 221 Å². The van der Waals surface area contributed by atoms with Crippen molar-refractivity contribution in [2.45, 2.75) is 71.0 Å². The van der Waals surface area contributed by atoms with E-state index in [-0.39, 0.29) is 18.5 Å². The van der Waals surface area contributed by atoms with Gasteiger partial charge in [0.15, 0.2) is 0 Å². The topological polar surface area (TPSA) is 96.0 Å². The van der Waals surface area contributed by atoms with E-state index in [0.29, 0.717) is 17.9 Å². The average Bonchev–Trinajstić information content (AvgIpc) is 2.88. The van der Waals surface area contributed by atoms with Gasteiger partial charge in [0.25, 0.3) is 0 Å². The largest absolute Gasteiger partial charge is 0.497 e. The third kappa shape index (κ3) is 7.71. The van der Waals surface area contributed by atoms with Crippen LogP contribution in [-0.2, 0) is 26.2 Å². The Bertz CT molecular complexity index is 1160. The predicted molar refractivity (Wildman–Crippen MR) is 146 cm³/mol. The molecule has 0 radical (unpaired) electrons. The van der Waals surface area contributed by atoms with Crippen LogP contribution in [0.15, 0.2) is 48.5 Å². The highest BCUT2D eigenvalue weighted by molar-refractivity contribution is 7.92. The van der Waals surface area contributed by atoms with Crippen LogP contribution in [0.1, 0.15) is 56.6 Å². The SMILES string of the molecule is CCC(C(=O)NC1CCCCC1)N(Cc1ccccc1C)C(=O)CN(c1ccc(OC)cc1)S(C)(=O)=O. The molecule has 1 N–H and O–H groups in total. The fourth-order valence-corrected chi connectivity index (χ4v) is 5.65. The van der Waals surface area contributed by atoms with Gasteiger partial charge in [-0.15, -0.1) is 0 Å². The Morgan fingerprint density at radius 2 is 1.70 bits per heavy atom. The third-order valence-corrected chi connectivity index (χ3v) is 8.12. The molecule has 2 amide bonds. The summed E-state index contributed by atoms with van der Waals surface area (Å²) >= 11 is 0. The molecule has 0 heterocycles. The lowest BCUT2D eigenvalue weighted by Crippen LogP contribution is -2.54. The number of amides is 2. The second-order valence-corrected chi connectivity index (χ2v) is 11.6. The van der Waals surface area contributed by atoms with Gasteiger partial charge in [0.05, 0.1) is 19.1 Å². The zero-order valence-electron chi connectivity index (χ0n) is 22.3. The van der Waals surface area contributed by atoms with Crippen molar-refractivity contribution in [3.8, 4) is 5.75 Å². The summed E-state index contributed by atoms with van der Waals surface area (Å²) in [5.74, 6) is -0.0445. The minimum atomic E-state index is -3.78. The first-order valence-electron chi connectivity index (χ1n) is 12.9. The van der Waals surface area contributed by atoms with Gasteiger partial charge in [-0.05, 0) is 61.6 Å². The molecule has 1 unspecified atom stereocenters. The van der Waals surface area contributed by atoms with Crippen LogP contribution < -0.4 is 14.4 Å². The fraction of sp³-hybridized carbons (Fsp3) is 0.500. The summed E-state index contributed by atoms with van der Waals surface area (Å²) in [4.78, 5) is 28.8. The minimum absolute atomic E-state index is 0.109.